The standard InChI is InChI=1S/C27H25N3O4/c1-31-25-16-22-23(17-26(25)32-2)28-18-29-27(22)34-21-10-8-20(9-11-21)33-15-5-13-30-14-12-19-6-3-4-7-24(19)30/h3-4,6-12,14,16-18H,5,13,15H2,1-2H3. The van der Waals surface area contributed by atoms with Crippen LogP contribution in [0.15, 0.2) is 79.3 Å². The van der Waals surface area contributed by atoms with Crippen LogP contribution in [0.1, 0.15) is 6.42 Å². The van der Waals surface area contributed by atoms with E-state index in [0.29, 0.717) is 35.3 Å². The zero-order chi connectivity index (χ0) is 23.3. The zero-order valence-corrected chi connectivity index (χ0v) is 19.1. The number of rotatable bonds is 9. The van der Waals surface area contributed by atoms with Gasteiger partial charge in [-0.3, -0.25) is 0 Å². The van der Waals surface area contributed by atoms with Gasteiger partial charge in [0.05, 0.1) is 31.7 Å². The van der Waals surface area contributed by atoms with Crippen molar-refractivity contribution in [3.8, 4) is 28.9 Å². The lowest BCUT2D eigenvalue weighted by Gasteiger charge is -2.12. The van der Waals surface area contributed by atoms with Gasteiger partial charge in [0.25, 0.3) is 0 Å². The first-order chi connectivity index (χ1) is 16.7. The third kappa shape index (κ3) is 4.45. The van der Waals surface area contributed by atoms with Crippen LogP contribution in [0.25, 0.3) is 21.8 Å². The highest BCUT2D eigenvalue weighted by molar-refractivity contribution is 5.87. The van der Waals surface area contributed by atoms with Gasteiger partial charge in [-0.15, -0.1) is 0 Å². The van der Waals surface area contributed by atoms with Gasteiger partial charge in [-0.1, -0.05) is 18.2 Å². The highest BCUT2D eigenvalue weighted by atomic mass is 16.5. The SMILES string of the molecule is COc1cc2ncnc(Oc3ccc(OCCCn4ccc5ccccc54)cc3)c2cc1OC. The van der Waals surface area contributed by atoms with Crippen molar-refractivity contribution in [2.75, 3.05) is 20.8 Å². The van der Waals surface area contributed by atoms with Crippen LogP contribution in [-0.4, -0.2) is 35.4 Å². The molecular weight excluding hydrogens is 430 g/mol. The molecule has 0 aliphatic heterocycles. The molecule has 0 unspecified atom stereocenters. The largest absolute Gasteiger partial charge is 0.494 e. The van der Waals surface area contributed by atoms with Crippen LogP contribution in [0.4, 0.5) is 0 Å². The Kier molecular flexibility index (Phi) is 6.16. The summed E-state index contributed by atoms with van der Waals surface area (Å²) in [4.78, 5) is 8.61. The summed E-state index contributed by atoms with van der Waals surface area (Å²) in [6, 6.07) is 21.7. The number of benzene rings is 3. The number of hydrogen-bond acceptors (Lipinski definition) is 6. The first-order valence-electron chi connectivity index (χ1n) is 11.1. The molecule has 0 fully saturated rings. The molecule has 0 saturated heterocycles. The van der Waals surface area contributed by atoms with Crippen LogP contribution < -0.4 is 18.9 Å². The van der Waals surface area contributed by atoms with Crippen molar-refractivity contribution in [2.45, 2.75) is 13.0 Å². The molecule has 2 aromatic heterocycles. The molecule has 7 nitrogen and oxygen atoms in total. The second-order valence-electron chi connectivity index (χ2n) is 7.75. The molecule has 0 spiro atoms. The predicted molar refractivity (Wildman–Crippen MR) is 131 cm³/mol. The minimum Gasteiger partial charge on any atom is -0.494 e. The maximum Gasteiger partial charge on any atom is 0.230 e. The maximum atomic E-state index is 6.03. The van der Waals surface area contributed by atoms with Crippen molar-refractivity contribution in [2.24, 2.45) is 0 Å². The van der Waals surface area contributed by atoms with Gasteiger partial charge >= 0.3 is 0 Å². The van der Waals surface area contributed by atoms with E-state index in [0.717, 1.165) is 24.1 Å². The lowest BCUT2D eigenvalue weighted by atomic mass is 10.2. The number of fused-ring (bicyclic) bond motifs is 2. The van der Waals surface area contributed by atoms with E-state index in [9.17, 15) is 0 Å². The summed E-state index contributed by atoms with van der Waals surface area (Å²) in [6.45, 7) is 1.54. The number of hydrogen-bond donors (Lipinski definition) is 0. The third-order valence-electron chi connectivity index (χ3n) is 5.63. The van der Waals surface area contributed by atoms with Gasteiger partial charge in [-0.25, -0.2) is 9.97 Å². The highest BCUT2D eigenvalue weighted by Gasteiger charge is 2.12. The first-order valence-corrected chi connectivity index (χ1v) is 11.1. The molecule has 0 amide bonds. The minimum absolute atomic E-state index is 0.443. The van der Waals surface area contributed by atoms with Crippen LogP contribution in [0, 0.1) is 0 Å². The van der Waals surface area contributed by atoms with Crippen molar-refractivity contribution in [3.63, 3.8) is 0 Å². The average Bonchev–Trinajstić information content (AvgIpc) is 3.30. The van der Waals surface area contributed by atoms with Gasteiger partial charge in [-0.05, 0) is 54.3 Å². The molecule has 34 heavy (non-hydrogen) atoms. The smallest absolute Gasteiger partial charge is 0.230 e. The van der Waals surface area contributed by atoms with E-state index in [1.165, 1.54) is 17.2 Å². The second kappa shape index (κ2) is 9.70. The maximum absolute atomic E-state index is 6.03. The van der Waals surface area contributed by atoms with Gasteiger partial charge in [0.15, 0.2) is 11.5 Å². The van der Waals surface area contributed by atoms with Gasteiger partial charge in [0.1, 0.15) is 17.8 Å². The molecule has 0 bridgehead atoms. The Labute approximate surface area is 197 Å². The summed E-state index contributed by atoms with van der Waals surface area (Å²) in [5.74, 6) is 3.08. The van der Waals surface area contributed by atoms with E-state index < -0.39 is 0 Å². The van der Waals surface area contributed by atoms with Crippen LogP contribution >= 0.6 is 0 Å². The van der Waals surface area contributed by atoms with E-state index in [2.05, 4.69) is 51.1 Å². The van der Waals surface area contributed by atoms with E-state index in [1.54, 1.807) is 20.3 Å². The molecule has 172 valence electrons. The van der Waals surface area contributed by atoms with Crippen molar-refractivity contribution in [3.05, 3.63) is 79.3 Å². The number of ether oxygens (including phenoxy) is 4. The van der Waals surface area contributed by atoms with Gasteiger partial charge in [0, 0.05) is 24.3 Å². The van der Waals surface area contributed by atoms with Crippen LogP contribution in [0.3, 0.4) is 0 Å². The molecule has 0 atom stereocenters. The normalized spacial score (nSPS) is 11.0. The Hall–Kier alpha value is -4.26. The summed E-state index contributed by atoms with van der Waals surface area (Å²) in [5.41, 5.74) is 1.95. The fourth-order valence-corrected chi connectivity index (χ4v) is 3.92. The Bertz CT molecular complexity index is 1410. The van der Waals surface area contributed by atoms with E-state index in [1.807, 2.05) is 30.3 Å². The molecule has 7 heteroatoms. The van der Waals surface area contributed by atoms with Crippen LogP contribution in [-0.2, 0) is 6.54 Å². The minimum atomic E-state index is 0.443. The summed E-state index contributed by atoms with van der Waals surface area (Å²) in [6.07, 6.45) is 4.50. The van der Waals surface area contributed by atoms with Crippen molar-refractivity contribution < 1.29 is 18.9 Å². The van der Waals surface area contributed by atoms with Gasteiger partial charge < -0.3 is 23.5 Å². The Balaban J connectivity index is 1.21. The lowest BCUT2D eigenvalue weighted by Crippen LogP contribution is -2.03. The van der Waals surface area contributed by atoms with Crippen molar-refractivity contribution >= 4 is 21.8 Å². The third-order valence-corrected chi connectivity index (χ3v) is 5.63. The van der Waals surface area contributed by atoms with Gasteiger partial charge in [-0.2, -0.15) is 0 Å². The highest BCUT2D eigenvalue weighted by Crippen LogP contribution is 2.36. The summed E-state index contributed by atoms with van der Waals surface area (Å²) in [7, 11) is 3.18. The van der Waals surface area contributed by atoms with E-state index in [4.69, 9.17) is 18.9 Å². The van der Waals surface area contributed by atoms with E-state index >= 15 is 0 Å². The monoisotopic (exact) mass is 455 g/mol. The van der Waals surface area contributed by atoms with E-state index in [-0.39, 0.29) is 0 Å². The molecule has 2 heterocycles. The van der Waals surface area contributed by atoms with Crippen LogP contribution in [0.5, 0.6) is 28.9 Å². The number of para-hydroxylation sites is 1. The lowest BCUT2D eigenvalue weighted by molar-refractivity contribution is 0.302. The summed E-state index contributed by atoms with van der Waals surface area (Å²) >= 11 is 0. The predicted octanol–water partition coefficient (Wildman–Crippen LogP) is 5.86. The molecule has 0 radical (unpaired) electrons. The Morgan fingerprint density at radius 2 is 1.59 bits per heavy atom. The van der Waals surface area contributed by atoms with Crippen molar-refractivity contribution in [1.29, 1.82) is 0 Å². The topological polar surface area (TPSA) is 67.6 Å². The molecule has 3 aromatic carbocycles. The molecule has 5 rings (SSSR count). The Morgan fingerprint density at radius 3 is 2.41 bits per heavy atom. The number of aromatic nitrogens is 3. The fraction of sp³-hybridized carbons (Fsp3) is 0.185. The fourth-order valence-electron chi connectivity index (χ4n) is 3.92. The van der Waals surface area contributed by atoms with Crippen LogP contribution in [0.2, 0.25) is 0 Å². The first kappa shape index (κ1) is 21.6. The van der Waals surface area contributed by atoms with Gasteiger partial charge in [0.2, 0.25) is 5.88 Å². The number of methoxy groups -OCH3 is 2. The zero-order valence-electron chi connectivity index (χ0n) is 19.1. The second-order valence-corrected chi connectivity index (χ2v) is 7.75. The molecular formula is C27H25N3O4. The van der Waals surface area contributed by atoms with Crippen molar-refractivity contribution in [1.82, 2.24) is 14.5 Å². The molecule has 0 N–H and O–H groups in total. The number of aryl methyl sites for hydroxylation is 1. The molecule has 5 aromatic rings. The molecule has 0 saturated carbocycles. The summed E-state index contributed by atoms with van der Waals surface area (Å²) < 4.78 is 25.0. The summed E-state index contributed by atoms with van der Waals surface area (Å²) in [5, 5.41) is 1.99. The molecule has 0 aliphatic rings. The number of nitrogens with zero attached hydrogens (tertiary/aromatic N) is 3. The molecule has 0 aliphatic carbocycles. The quantitative estimate of drug-likeness (QED) is 0.259. The average molecular weight is 456 g/mol. The Morgan fingerprint density at radius 1 is 0.824 bits per heavy atom.